The lowest BCUT2D eigenvalue weighted by Gasteiger charge is -2.31. The minimum absolute atomic E-state index is 0.0502. The van der Waals surface area contributed by atoms with E-state index in [2.05, 4.69) is 47.1 Å². The van der Waals surface area contributed by atoms with E-state index in [-0.39, 0.29) is 71.8 Å². The van der Waals surface area contributed by atoms with E-state index < -0.39 is 42.3 Å². The smallest absolute Gasteiger partial charge is 0.416 e. The molecule has 5 atom stereocenters. The molecule has 5 aliphatic rings. The van der Waals surface area contributed by atoms with Gasteiger partial charge in [0.25, 0.3) is 11.8 Å². The van der Waals surface area contributed by atoms with Crippen LogP contribution in [0.25, 0.3) is 5.57 Å². The molecular weight excluding hydrogens is 923 g/mol. The van der Waals surface area contributed by atoms with Crippen molar-refractivity contribution in [2.75, 3.05) is 56.1 Å². The Bertz CT molecular complexity index is 2780. The molecule has 4 heterocycles. The number of ether oxygens (including phenoxy) is 5. The third-order valence-electron chi connectivity index (χ3n) is 14.4. The number of aryl methyl sites for hydroxylation is 1. The number of aliphatic hydroxyl groups is 1. The maximum atomic E-state index is 14.3. The molecule has 0 radical (unpaired) electrons. The molecule has 6 N–H and O–H groups in total. The first-order valence-corrected chi connectivity index (χ1v) is 24.5. The molecule has 4 aromatic carbocycles. The highest BCUT2D eigenvalue weighted by atomic mass is 16.6. The summed E-state index contributed by atoms with van der Waals surface area (Å²) in [7, 11) is 2.99. The molecule has 1 saturated carbocycles. The van der Waals surface area contributed by atoms with Crippen molar-refractivity contribution >= 4 is 52.4 Å². The number of methoxy groups -OCH3 is 2. The van der Waals surface area contributed by atoms with Crippen LogP contribution in [0.1, 0.15) is 90.3 Å². The molecule has 3 unspecified atom stereocenters. The molecule has 4 aromatic rings. The molecule has 0 aromatic heterocycles. The largest absolute Gasteiger partial charge is 0.493 e. The second-order valence-corrected chi connectivity index (χ2v) is 19.8. The quantitative estimate of drug-likeness (QED) is 0.0764. The number of anilines is 3. The molecule has 1 aliphatic carbocycles. The Morgan fingerprint density at radius 2 is 1.53 bits per heavy atom. The Morgan fingerprint density at radius 1 is 0.861 bits per heavy atom. The van der Waals surface area contributed by atoms with Crippen molar-refractivity contribution in [3.63, 3.8) is 0 Å². The average Bonchev–Trinajstić information content (AvgIpc) is 3.88. The van der Waals surface area contributed by atoms with Gasteiger partial charge in [0.05, 0.1) is 68.1 Å². The lowest BCUT2D eigenvalue weighted by molar-refractivity contribution is -0.127. The second-order valence-electron chi connectivity index (χ2n) is 19.8. The number of rotatable bonds is 16. The summed E-state index contributed by atoms with van der Waals surface area (Å²) in [6, 6.07) is 19.2. The van der Waals surface area contributed by atoms with E-state index in [1.807, 2.05) is 20.0 Å². The van der Waals surface area contributed by atoms with Gasteiger partial charge >= 0.3 is 6.09 Å². The Labute approximate surface area is 418 Å². The van der Waals surface area contributed by atoms with Crippen molar-refractivity contribution in [3.05, 3.63) is 107 Å². The van der Waals surface area contributed by atoms with Crippen molar-refractivity contribution in [1.82, 2.24) is 15.1 Å². The van der Waals surface area contributed by atoms with E-state index >= 15 is 0 Å². The van der Waals surface area contributed by atoms with Gasteiger partial charge in [0.15, 0.2) is 29.2 Å². The topological polar surface area (TPSA) is 224 Å². The second kappa shape index (κ2) is 20.4. The minimum Gasteiger partial charge on any atom is -0.493 e. The SMILES string of the molecule is COc1cc2c(cc1OCCCOc1cc3c(cc1OC)C(=O)N1CC4(CC4)CC1C(O)N3C(=O)OCc1ccc(NC(=O)[C@H](C)NC(=O)[C@@H](N)C(C)C)cc1)NCC1CC(c3ccc(C)cc3)=CN1C2=O. The molecule has 0 bridgehead atoms. The van der Waals surface area contributed by atoms with Gasteiger partial charge < -0.3 is 60.3 Å². The van der Waals surface area contributed by atoms with E-state index in [1.165, 1.54) is 31.9 Å². The summed E-state index contributed by atoms with van der Waals surface area (Å²) >= 11 is 0. The number of hydrogen-bond donors (Lipinski definition) is 5. The number of nitrogens with zero attached hydrogens (tertiary/aromatic N) is 3. The fourth-order valence-electron chi connectivity index (χ4n) is 9.80. The summed E-state index contributed by atoms with van der Waals surface area (Å²) in [5, 5.41) is 20.9. The Kier molecular flexibility index (Phi) is 14.1. The van der Waals surface area contributed by atoms with Crippen LogP contribution in [-0.2, 0) is 20.9 Å². The first-order chi connectivity index (χ1) is 34.6. The number of hydrogen-bond acceptors (Lipinski definition) is 13. The number of aliphatic hydroxyl groups excluding tert-OH is 1. The third kappa shape index (κ3) is 10.1. The number of fused-ring (bicyclic) bond motifs is 4. The average molecular weight is 986 g/mol. The Balaban J connectivity index is 0.859. The summed E-state index contributed by atoms with van der Waals surface area (Å²) in [5.74, 6) is -0.0640. The maximum Gasteiger partial charge on any atom is 0.416 e. The number of carbonyl (C=O) groups is 5. The van der Waals surface area contributed by atoms with Crippen molar-refractivity contribution in [2.24, 2.45) is 17.1 Å². The highest BCUT2D eigenvalue weighted by Gasteiger charge is 2.58. The van der Waals surface area contributed by atoms with Gasteiger partial charge in [-0.25, -0.2) is 9.69 Å². The first-order valence-electron chi connectivity index (χ1n) is 24.5. The van der Waals surface area contributed by atoms with E-state index in [1.54, 1.807) is 53.1 Å². The van der Waals surface area contributed by atoms with Crippen molar-refractivity contribution < 1.29 is 52.8 Å². The lowest BCUT2D eigenvalue weighted by Crippen LogP contribution is -2.50. The number of benzene rings is 4. The monoisotopic (exact) mass is 985 g/mol. The lowest BCUT2D eigenvalue weighted by atomic mass is 10.0. The van der Waals surface area contributed by atoms with Gasteiger partial charge in [-0.1, -0.05) is 55.8 Å². The minimum atomic E-state index is -1.43. The molecule has 9 rings (SSSR count). The van der Waals surface area contributed by atoms with Gasteiger partial charge in [-0.15, -0.1) is 0 Å². The molecule has 2 fully saturated rings. The summed E-state index contributed by atoms with van der Waals surface area (Å²) in [4.78, 5) is 72.3. The third-order valence-corrected chi connectivity index (χ3v) is 14.4. The van der Waals surface area contributed by atoms with Gasteiger partial charge in [-0.05, 0) is 91.8 Å². The fraction of sp³-hybridized carbons (Fsp3) is 0.426. The maximum absolute atomic E-state index is 14.3. The summed E-state index contributed by atoms with van der Waals surface area (Å²) < 4.78 is 29.7. The number of amides is 5. The van der Waals surface area contributed by atoms with Crippen molar-refractivity contribution in [2.45, 2.75) is 96.8 Å². The molecule has 5 amide bonds. The normalized spacial score (nSPS) is 20.2. The highest BCUT2D eigenvalue weighted by molar-refractivity contribution is 6.06. The molecule has 18 heteroatoms. The van der Waals surface area contributed by atoms with Gasteiger partial charge in [0.1, 0.15) is 12.6 Å². The van der Waals surface area contributed by atoms with Crippen LogP contribution < -0.4 is 45.5 Å². The number of nitrogens with one attached hydrogen (secondary N) is 3. The van der Waals surface area contributed by atoms with Gasteiger partial charge in [-0.2, -0.15) is 0 Å². The fourth-order valence-corrected chi connectivity index (χ4v) is 9.80. The van der Waals surface area contributed by atoms with Crippen LogP contribution in [0, 0.1) is 18.3 Å². The van der Waals surface area contributed by atoms with Crippen LogP contribution in [0.3, 0.4) is 0 Å². The highest BCUT2D eigenvalue weighted by Crippen LogP contribution is 2.57. The van der Waals surface area contributed by atoms with Gasteiger partial charge in [0.2, 0.25) is 11.8 Å². The van der Waals surface area contributed by atoms with Crippen LogP contribution in [0.4, 0.5) is 21.9 Å². The zero-order valence-corrected chi connectivity index (χ0v) is 41.5. The van der Waals surface area contributed by atoms with Crippen molar-refractivity contribution in [3.8, 4) is 23.0 Å². The molecule has 1 saturated heterocycles. The summed E-state index contributed by atoms with van der Waals surface area (Å²) in [5.41, 5.74) is 11.7. The molecule has 1 spiro atoms. The van der Waals surface area contributed by atoms with E-state index in [0.717, 1.165) is 35.3 Å². The van der Waals surface area contributed by atoms with Crippen LogP contribution >= 0.6 is 0 Å². The molecule has 18 nitrogen and oxygen atoms in total. The summed E-state index contributed by atoms with van der Waals surface area (Å²) in [6.07, 6.45) is 3.15. The van der Waals surface area contributed by atoms with Crippen LogP contribution in [-0.4, -0.2) is 116 Å². The van der Waals surface area contributed by atoms with E-state index in [4.69, 9.17) is 29.4 Å². The first kappa shape index (κ1) is 49.7. The summed E-state index contributed by atoms with van der Waals surface area (Å²) in [6.45, 7) is 8.43. The predicted molar refractivity (Wildman–Crippen MR) is 269 cm³/mol. The predicted octanol–water partition coefficient (Wildman–Crippen LogP) is 6.44. The van der Waals surface area contributed by atoms with E-state index in [9.17, 15) is 29.1 Å². The van der Waals surface area contributed by atoms with E-state index in [0.29, 0.717) is 59.9 Å². The van der Waals surface area contributed by atoms with Crippen LogP contribution in [0.15, 0.2) is 79.0 Å². The standard InChI is InChI=1S/C54H63N7O11/c1-30(2)47(55)49(63)57-32(4)48(62)58-36-14-10-33(11-15-36)28-72-53(67)61-41-24-46(44(69-6)22-39(41)51(65)60-29-54(16-17-54)25-42(60)52(61)66)71-19-7-18-70-45-23-40-38(21-43(45)68-5)50(64)59-27-35(20-37(59)26-56-40)34-12-8-31(3)9-13-34/h8-15,21-24,27,30,32,37,42,47,52,56,66H,7,16-20,25-26,28-29,55H2,1-6H3,(H,57,63)(H,58,62)/t32-,37?,42?,47-,52?/m0/s1. The zero-order valence-electron chi connectivity index (χ0n) is 41.5. The molecule has 380 valence electrons. The molecule has 72 heavy (non-hydrogen) atoms. The number of carbonyl (C=O) groups excluding carboxylic acids is 5. The number of nitrogens with two attached hydrogens (primary N) is 1. The zero-order chi connectivity index (χ0) is 51.0. The van der Waals surface area contributed by atoms with Gasteiger partial charge in [0, 0.05) is 43.5 Å². The Morgan fingerprint density at radius 3 is 2.18 bits per heavy atom. The molecule has 4 aliphatic heterocycles. The Hall–Kier alpha value is -7.31. The van der Waals surface area contributed by atoms with Crippen molar-refractivity contribution in [1.29, 1.82) is 0 Å². The van der Waals surface area contributed by atoms with Crippen LogP contribution in [0.2, 0.25) is 0 Å². The molecular formula is C54H63N7O11. The van der Waals surface area contributed by atoms with Crippen LogP contribution in [0.5, 0.6) is 23.0 Å². The van der Waals surface area contributed by atoms with Gasteiger partial charge in [-0.3, -0.25) is 19.2 Å².